The number of hydrogen-bond donors (Lipinski definition) is 0. The number of alkyl halides is 6. The van der Waals surface area contributed by atoms with E-state index in [0.29, 0.717) is 11.1 Å². The summed E-state index contributed by atoms with van der Waals surface area (Å²) in [6.45, 7) is 3.27. The molecule has 6 heteroatoms. The summed E-state index contributed by atoms with van der Waals surface area (Å²) in [5.74, 6) is -5.09. The molecule has 0 amide bonds. The van der Waals surface area contributed by atoms with E-state index in [-0.39, 0.29) is 0 Å². The van der Waals surface area contributed by atoms with Crippen molar-refractivity contribution in [2.45, 2.75) is 26.2 Å². The fourth-order valence-electron chi connectivity index (χ4n) is 1.68. The molecule has 0 aromatic heterocycles. The van der Waals surface area contributed by atoms with E-state index in [2.05, 4.69) is 0 Å². The summed E-state index contributed by atoms with van der Waals surface area (Å²) in [4.78, 5) is 0. The Balaban J connectivity index is 3.12. The number of hydrogen-bond acceptors (Lipinski definition) is 0. The molecule has 0 spiro atoms. The van der Waals surface area contributed by atoms with Crippen LogP contribution in [0.25, 0.3) is 0 Å². The third kappa shape index (κ3) is 3.40. The van der Waals surface area contributed by atoms with Gasteiger partial charge in [-0.3, -0.25) is 0 Å². The number of rotatable bonds is 1. The lowest BCUT2D eigenvalue weighted by atomic mass is 9.90. The molecule has 0 aliphatic heterocycles. The highest BCUT2D eigenvalue weighted by molar-refractivity contribution is 5.34. The second-order valence-electron chi connectivity index (χ2n) is 4.22. The van der Waals surface area contributed by atoms with Crippen LogP contribution >= 0.6 is 0 Å². The molecule has 102 valence electrons. The first-order valence-corrected chi connectivity index (χ1v) is 5.21. The summed E-state index contributed by atoms with van der Waals surface area (Å²) >= 11 is 0. The van der Waals surface area contributed by atoms with Gasteiger partial charge in [0, 0.05) is 5.92 Å². The van der Waals surface area contributed by atoms with Crippen LogP contribution in [-0.2, 0) is 0 Å². The van der Waals surface area contributed by atoms with E-state index in [1.54, 1.807) is 13.8 Å². The Morgan fingerprint density at radius 2 is 1.17 bits per heavy atom. The average Bonchev–Trinajstić information content (AvgIpc) is 2.29. The van der Waals surface area contributed by atoms with Crippen molar-refractivity contribution in [1.29, 1.82) is 0 Å². The van der Waals surface area contributed by atoms with Crippen molar-refractivity contribution >= 4 is 0 Å². The van der Waals surface area contributed by atoms with Crippen molar-refractivity contribution < 1.29 is 26.3 Å². The molecule has 0 aromatic carbocycles. The predicted octanol–water partition coefficient (Wildman–Crippen LogP) is 4.81. The van der Waals surface area contributed by atoms with Gasteiger partial charge in [-0.1, -0.05) is 24.3 Å². The van der Waals surface area contributed by atoms with Gasteiger partial charge in [-0.15, -0.1) is 0 Å². The summed E-state index contributed by atoms with van der Waals surface area (Å²) in [6.07, 6.45) is -6.13. The molecule has 0 saturated heterocycles. The molecule has 1 aliphatic carbocycles. The minimum atomic E-state index is -5.32. The Bertz CT molecular complexity index is 358. The zero-order valence-corrected chi connectivity index (χ0v) is 9.73. The van der Waals surface area contributed by atoms with Gasteiger partial charge in [0.15, 0.2) is 5.92 Å². The normalized spacial score (nSPS) is 18.7. The van der Waals surface area contributed by atoms with Crippen LogP contribution in [0.15, 0.2) is 35.5 Å². The standard InChI is InChI=1S/C12H12F6/c1-7-3-5-9(6-4-8(7)2)10(11(13,14)15)12(16,17)18/h3-6,9-10H,1-2H3. The van der Waals surface area contributed by atoms with Gasteiger partial charge in [-0.25, -0.2) is 0 Å². The SMILES string of the molecule is CC1=C(C)C=CC(C(C(F)(F)F)C(F)(F)F)C=C1. The van der Waals surface area contributed by atoms with Crippen LogP contribution in [0.3, 0.4) is 0 Å². The fraction of sp³-hybridized carbons (Fsp3) is 0.500. The minimum Gasteiger partial charge on any atom is -0.170 e. The molecule has 0 heterocycles. The van der Waals surface area contributed by atoms with Gasteiger partial charge >= 0.3 is 12.4 Å². The van der Waals surface area contributed by atoms with Crippen LogP contribution in [0.5, 0.6) is 0 Å². The highest BCUT2D eigenvalue weighted by atomic mass is 19.4. The van der Waals surface area contributed by atoms with E-state index >= 15 is 0 Å². The first-order valence-electron chi connectivity index (χ1n) is 5.21. The van der Waals surface area contributed by atoms with E-state index in [1.807, 2.05) is 0 Å². The van der Waals surface area contributed by atoms with Crippen LogP contribution in [-0.4, -0.2) is 12.4 Å². The van der Waals surface area contributed by atoms with Gasteiger partial charge < -0.3 is 0 Å². The average molecular weight is 270 g/mol. The molecular formula is C12H12F6. The van der Waals surface area contributed by atoms with Crippen molar-refractivity contribution in [3.05, 3.63) is 35.5 Å². The van der Waals surface area contributed by atoms with Crippen LogP contribution in [0.4, 0.5) is 26.3 Å². The molecule has 0 aromatic rings. The maximum atomic E-state index is 12.5. The summed E-state index contributed by atoms with van der Waals surface area (Å²) in [5.41, 5.74) is 1.30. The van der Waals surface area contributed by atoms with Crippen molar-refractivity contribution in [2.24, 2.45) is 11.8 Å². The van der Waals surface area contributed by atoms with Crippen molar-refractivity contribution in [1.82, 2.24) is 0 Å². The third-order valence-corrected chi connectivity index (χ3v) is 2.85. The quantitative estimate of drug-likeness (QED) is 0.600. The smallest absolute Gasteiger partial charge is 0.170 e. The fourth-order valence-corrected chi connectivity index (χ4v) is 1.68. The molecule has 0 unspecified atom stereocenters. The van der Waals surface area contributed by atoms with E-state index in [1.165, 1.54) is 12.2 Å². The topological polar surface area (TPSA) is 0 Å². The lowest BCUT2D eigenvalue weighted by molar-refractivity contribution is -0.290. The van der Waals surface area contributed by atoms with Gasteiger partial charge in [0.25, 0.3) is 0 Å². The lowest BCUT2D eigenvalue weighted by Crippen LogP contribution is -2.40. The second kappa shape index (κ2) is 4.82. The number of halogens is 6. The van der Waals surface area contributed by atoms with Gasteiger partial charge in [-0.05, 0) is 25.0 Å². The molecule has 0 fully saturated rings. The summed E-state index contributed by atoms with van der Waals surface area (Å²) in [6, 6.07) is 0. The Morgan fingerprint density at radius 1 is 0.833 bits per heavy atom. The summed E-state index contributed by atoms with van der Waals surface area (Å²) in [5, 5.41) is 0. The highest BCUT2D eigenvalue weighted by Gasteiger charge is 2.59. The first-order chi connectivity index (χ1) is 8.03. The van der Waals surface area contributed by atoms with Crippen LogP contribution in [0, 0.1) is 11.8 Å². The highest BCUT2D eigenvalue weighted by Crippen LogP contribution is 2.45. The monoisotopic (exact) mass is 270 g/mol. The predicted molar refractivity (Wildman–Crippen MR) is 55.7 cm³/mol. The Labute approximate surface area is 101 Å². The van der Waals surface area contributed by atoms with Gasteiger partial charge in [-0.2, -0.15) is 26.3 Å². The molecule has 18 heavy (non-hydrogen) atoms. The molecular weight excluding hydrogens is 258 g/mol. The van der Waals surface area contributed by atoms with Crippen molar-refractivity contribution in [3.8, 4) is 0 Å². The Kier molecular flexibility index (Phi) is 3.98. The van der Waals surface area contributed by atoms with E-state index in [0.717, 1.165) is 12.2 Å². The minimum absolute atomic E-state index is 0.650. The Hall–Kier alpha value is -1.20. The zero-order chi connectivity index (χ0) is 14.1. The summed E-state index contributed by atoms with van der Waals surface area (Å²) < 4.78 is 75.2. The second-order valence-corrected chi connectivity index (χ2v) is 4.22. The first kappa shape index (κ1) is 14.9. The van der Waals surface area contributed by atoms with E-state index in [4.69, 9.17) is 0 Å². The van der Waals surface area contributed by atoms with E-state index in [9.17, 15) is 26.3 Å². The Morgan fingerprint density at radius 3 is 1.44 bits per heavy atom. The molecule has 1 aliphatic rings. The number of allylic oxidation sites excluding steroid dienone is 6. The molecule has 0 radical (unpaired) electrons. The maximum absolute atomic E-state index is 12.5. The van der Waals surface area contributed by atoms with Gasteiger partial charge in [0.2, 0.25) is 0 Å². The van der Waals surface area contributed by atoms with Gasteiger partial charge in [0.1, 0.15) is 0 Å². The molecule has 0 nitrogen and oxygen atoms in total. The molecule has 0 saturated carbocycles. The molecule has 0 N–H and O–H groups in total. The van der Waals surface area contributed by atoms with Crippen LogP contribution in [0.1, 0.15) is 13.8 Å². The van der Waals surface area contributed by atoms with Crippen molar-refractivity contribution in [2.75, 3.05) is 0 Å². The maximum Gasteiger partial charge on any atom is 0.401 e. The zero-order valence-electron chi connectivity index (χ0n) is 9.73. The summed E-state index contributed by atoms with van der Waals surface area (Å²) in [7, 11) is 0. The third-order valence-electron chi connectivity index (χ3n) is 2.85. The molecule has 0 atom stereocenters. The lowest BCUT2D eigenvalue weighted by Gasteiger charge is -2.26. The molecule has 1 rings (SSSR count). The molecule has 0 bridgehead atoms. The van der Waals surface area contributed by atoms with Crippen LogP contribution < -0.4 is 0 Å². The van der Waals surface area contributed by atoms with E-state index < -0.39 is 24.2 Å². The van der Waals surface area contributed by atoms with Crippen molar-refractivity contribution in [3.63, 3.8) is 0 Å². The largest absolute Gasteiger partial charge is 0.401 e. The van der Waals surface area contributed by atoms with Gasteiger partial charge in [0.05, 0.1) is 0 Å². The van der Waals surface area contributed by atoms with Crippen LogP contribution in [0.2, 0.25) is 0 Å².